The highest BCUT2D eigenvalue weighted by molar-refractivity contribution is 7.92. The number of hydrogen-bond acceptors (Lipinski definition) is 8. The average Bonchev–Trinajstić information content (AvgIpc) is 3.23. The zero-order chi connectivity index (χ0) is 22.3. The van der Waals surface area contributed by atoms with Gasteiger partial charge in [0.25, 0.3) is 0 Å². The molecule has 11 heteroatoms. The first kappa shape index (κ1) is 22.1. The lowest BCUT2D eigenvalue weighted by atomic mass is 10.2. The fourth-order valence-electron chi connectivity index (χ4n) is 3.89. The predicted octanol–water partition coefficient (Wildman–Crippen LogP) is 1.72. The minimum absolute atomic E-state index is 0.0836. The Morgan fingerprint density at radius 3 is 1.29 bits per heavy atom. The third kappa shape index (κ3) is 5.21. The van der Waals surface area contributed by atoms with E-state index in [1.165, 1.54) is 24.3 Å². The van der Waals surface area contributed by atoms with E-state index in [-0.39, 0.29) is 44.9 Å². The molecule has 31 heavy (non-hydrogen) atoms. The van der Waals surface area contributed by atoms with Gasteiger partial charge in [-0.1, -0.05) is 0 Å². The van der Waals surface area contributed by atoms with E-state index in [1.54, 1.807) is 24.3 Å². The number of rotatable bonds is 6. The Labute approximate surface area is 182 Å². The van der Waals surface area contributed by atoms with Crippen molar-refractivity contribution >= 4 is 40.9 Å². The second kappa shape index (κ2) is 8.10. The van der Waals surface area contributed by atoms with Gasteiger partial charge in [-0.25, -0.2) is 25.3 Å². The largest absolute Gasteiger partial charge is 0.381 e. The summed E-state index contributed by atoms with van der Waals surface area (Å²) >= 11 is 0. The molecular weight excluding hydrogens is 460 g/mol. The lowest BCUT2D eigenvalue weighted by Gasteiger charge is -2.14. The zero-order valence-corrected chi connectivity index (χ0v) is 19.1. The van der Waals surface area contributed by atoms with E-state index < -0.39 is 29.5 Å². The van der Waals surface area contributed by atoms with Gasteiger partial charge >= 0.3 is 0 Å². The molecule has 0 saturated carbocycles. The quantitative estimate of drug-likeness (QED) is 0.635. The van der Waals surface area contributed by atoms with Crippen molar-refractivity contribution in [3.05, 3.63) is 48.5 Å². The summed E-state index contributed by atoms with van der Waals surface area (Å²) in [7, 11) is -9.70. The summed E-state index contributed by atoms with van der Waals surface area (Å²) in [6.07, 6.45) is 1.07. The highest BCUT2D eigenvalue weighted by Gasteiger charge is 2.28. The van der Waals surface area contributed by atoms with Crippen LogP contribution in [0.1, 0.15) is 12.8 Å². The van der Waals surface area contributed by atoms with Gasteiger partial charge in [-0.2, -0.15) is 0 Å². The molecule has 2 atom stereocenters. The molecule has 168 valence electrons. The van der Waals surface area contributed by atoms with Crippen LogP contribution >= 0.6 is 0 Å². The summed E-state index contributed by atoms with van der Waals surface area (Å²) < 4.78 is 72.1. The highest BCUT2D eigenvalue weighted by atomic mass is 32.2. The van der Waals surface area contributed by atoms with Crippen LogP contribution in [0.3, 0.4) is 0 Å². The van der Waals surface area contributed by atoms with Gasteiger partial charge in [-0.05, 0) is 61.4 Å². The molecule has 0 bridgehead atoms. The van der Waals surface area contributed by atoms with Crippen LogP contribution in [0.25, 0.3) is 0 Å². The Kier molecular flexibility index (Phi) is 5.78. The third-order valence-electron chi connectivity index (χ3n) is 5.54. The summed E-state index contributed by atoms with van der Waals surface area (Å²) in [4.78, 5) is 0.277. The van der Waals surface area contributed by atoms with Crippen molar-refractivity contribution in [2.75, 3.05) is 33.6 Å². The molecule has 2 aromatic rings. The van der Waals surface area contributed by atoms with Crippen LogP contribution in [0, 0.1) is 0 Å². The molecular formula is C20H24N2O6S3. The van der Waals surface area contributed by atoms with Gasteiger partial charge in [0.15, 0.2) is 19.7 Å². The van der Waals surface area contributed by atoms with Crippen molar-refractivity contribution in [1.82, 2.24) is 0 Å². The van der Waals surface area contributed by atoms with Gasteiger partial charge in [0.05, 0.1) is 32.8 Å². The summed E-state index contributed by atoms with van der Waals surface area (Å²) in [6.45, 7) is 0. The Bertz CT molecular complexity index is 1170. The number of hydrogen-bond donors (Lipinski definition) is 2. The molecule has 0 amide bonds. The third-order valence-corrected chi connectivity index (χ3v) is 10.9. The first-order chi connectivity index (χ1) is 14.5. The highest BCUT2D eigenvalue weighted by Crippen LogP contribution is 2.26. The molecule has 0 spiro atoms. The van der Waals surface area contributed by atoms with Crippen LogP contribution in [0.4, 0.5) is 11.4 Å². The Hall–Kier alpha value is -2.11. The fourth-order valence-corrected chi connectivity index (χ4v) is 8.49. The van der Waals surface area contributed by atoms with Crippen molar-refractivity contribution in [3.63, 3.8) is 0 Å². The van der Waals surface area contributed by atoms with Crippen molar-refractivity contribution in [2.24, 2.45) is 0 Å². The zero-order valence-electron chi connectivity index (χ0n) is 16.7. The summed E-state index contributed by atoms with van der Waals surface area (Å²) in [6, 6.07) is 12.2. The molecule has 8 nitrogen and oxygen atoms in total. The normalized spacial score (nSPS) is 24.6. The van der Waals surface area contributed by atoms with Crippen molar-refractivity contribution < 1.29 is 25.3 Å². The lowest BCUT2D eigenvalue weighted by Crippen LogP contribution is -2.20. The van der Waals surface area contributed by atoms with Gasteiger partial charge in [-0.3, -0.25) is 0 Å². The number of sulfone groups is 3. The number of nitrogens with one attached hydrogen (secondary N) is 2. The van der Waals surface area contributed by atoms with Crippen LogP contribution in [0.5, 0.6) is 0 Å². The molecule has 2 N–H and O–H groups in total. The first-order valence-electron chi connectivity index (χ1n) is 9.92. The predicted molar refractivity (Wildman–Crippen MR) is 120 cm³/mol. The van der Waals surface area contributed by atoms with Gasteiger partial charge in [0.1, 0.15) is 0 Å². The summed E-state index contributed by atoms with van der Waals surface area (Å²) in [5.41, 5.74) is 1.35. The van der Waals surface area contributed by atoms with Gasteiger partial charge in [0, 0.05) is 23.5 Å². The van der Waals surface area contributed by atoms with E-state index in [2.05, 4.69) is 10.6 Å². The molecule has 2 heterocycles. The number of benzene rings is 2. The van der Waals surface area contributed by atoms with Crippen LogP contribution in [0.2, 0.25) is 0 Å². The molecule has 2 saturated heterocycles. The van der Waals surface area contributed by atoms with Crippen molar-refractivity contribution in [3.8, 4) is 0 Å². The first-order valence-corrected chi connectivity index (χ1v) is 15.0. The van der Waals surface area contributed by atoms with Crippen LogP contribution < -0.4 is 10.6 Å². The van der Waals surface area contributed by atoms with Gasteiger partial charge < -0.3 is 10.6 Å². The monoisotopic (exact) mass is 484 g/mol. The van der Waals surface area contributed by atoms with Crippen molar-refractivity contribution in [1.29, 1.82) is 0 Å². The van der Waals surface area contributed by atoms with E-state index in [0.29, 0.717) is 24.2 Å². The molecule has 4 rings (SSSR count). The fraction of sp³-hybridized carbons (Fsp3) is 0.400. The second-order valence-electron chi connectivity index (χ2n) is 8.04. The Morgan fingerprint density at radius 1 is 0.645 bits per heavy atom. The maximum absolute atomic E-state index is 12.9. The van der Waals surface area contributed by atoms with E-state index >= 15 is 0 Å². The smallest absolute Gasteiger partial charge is 0.206 e. The maximum Gasteiger partial charge on any atom is 0.206 e. The van der Waals surface area contributed by atoms with Gasteiger partial charge in [0.2, 0.25) is 9.84 Å². The van der Waals surface area contributed by atoms with Crippen LogP contribution in [0.15, 0.2) is 58.3 Å². The molecule has 2 aliphatic rings. The summed E-state index contributed by atoms with van der Waals surface area (Å²) in [5.74, 6) is 0.498. The molecule has 2 fully saturated rings. The molecule has 2 unspecified atom stereocenters. The van der Waals surface area contributed by atoms with Crippen LogP contribution in [-0.4, -0.2) is 60.3 Å². The standard InChI is InChI=1S/C20H24N2O6S3/c23-29(24)11-9-17(13-29)21-15-1-5-19(6-2-15)31(27,28)20-7-3-16(4-8-20)22-18-10-12-30(25,26)14-18/h1-8,17-18,21-22H,9-14H2. The average molecular weight is 485 g/mol. The molecule has 0 aromatic heterocycles. The minimum Gasteiger partial charge on any atom is -0.381 e. The molecule has 2 aliphatic heterocycles. The minimum atomic E-state index is -3.71. The lowest BCUT2D eigenvalue weighted by molar-refractivity contribution is 0.595. The SMILES string of the molecule is O=S1(=O)CCC(Nc2ccc(S(=O)(=O)c3ccc(NC4CCS(=O)(=O)C4)cc3)cc2)C1. The topological polar surface area (TPSA) is 126 Å². The van der Waals surface area contributed by atoms with Crippen molar-refractivity contribution in [2.45, 2.75) is 34.7 Å². The van der Waals surface area contributed by atoms with Crippen LogP contribution in [-0.2, 0) is 29.5 Å². The molecule has 2 aromatic carbocycles. The van der Waals surface area contributed by atoms with Gasteiger partial charge in [-0.15, -0.1) is 0 Å². The number of anilines is 2. The second-order valence-corrected chi connectivity index (χ2v) is 14.4. The summed E-state index contributed by atoms with van der Waals surface area (Å²) in [5, 5.41) is 6.27. The maximum atomic E-state index is 12.9. The van der Waals surface area contributed by atoms with E-state index in [9.17, 15) is 25.3 Å². The van der Waals surface area contributed by atoms with E-state index in [4.69, 9.17) is 0 Å². The Morgan fingerprint density at radius 2 is 1.00 bits per heavy atom. The molecule has 0 radical (unpaired) electrons. The van der Waals surface area contributed by atoms with E-state index in [0.717, 1.165) is 0 Å². The molecule has 0 aliphatic carbocycles. The van der Waals surface area contributed by atoms with E-state index in [1.807, 2.05) is 0 Å². The Balaban J connectivity index is 1.43.